The van der Waals surface area contributed by atoms with Gasteiger partial charge in [-0.15, -0.1) is 0 Å². The van der Waals surface area contributed by atoms with Crippen LogP contribution in [0.5, 0.6) is 0 Å². The van der Waals surface area contributed by atoms with Gasteiger partial charge in [0, 0.05) is 22.0 Å². The molecular weight excluding hydrogens is 367 g/mol. The summed E-state index contributed by atoms with van der Waals surface area (Å²) in [7, 11) is 0. The average molecular weight is 385 g/mol. The highest BCUT2D eigenvalue weighted by molar-refractivity contribution is 6.36. The Labute approximate surface area is 162 Å². The fourth-order valence-electron chi connectivity index (χ4n) is 3.53. The first-order valence-electron chi connectivity index (χ1n) is 8.78. The third-order valence-electron chi connectivity index (χ3n) is 4.86. The van der Waals surface area contributed by atoms with E-state index >= 15 is 0 Å². The Morgan fingerprint density at radius 1 is 1.04 bits per heavy atom. The lowest BCUT2D eigenvalue weighted by molar-refractivity contribution is 0.0939. The van der Waals surface area contributed by atoms with Crippen molar-refractivity contribution >= 4 is 40.0 Å². The van der Waals surface area contributed by atoms with E-state index in [1.807, 2.05) is 36.4 Å². The number of nitrogens with one attached hydrogen (secondary N) is 1. The number of fused-ring (bicyclic) bond motifs is 1. The van der Waals surface area contributed by atoms with Crippen LogP contribution in [-0.4, -0.2) is 16.9 Å². The van der Waals surface area contributed by atoms with Crippen molar-refractivity contribution in [1.82, 2.24) is 10.3 Å². The normalized spacial score (nSPS) is 14.7. The zero-order chi connectivity index (χ0) is 18.1. The number of aromatic nitrogens is 1. The Balaban J connectivity index is 1.81. The molecule has 1 heterocycles. The van der Waals surface area contributed by atoms with Crippen molar-refractivity contribution in [1.29, 1.82) is 0 Å². The lowest BCUT2D eigenvalue weighted by atomic mass is 10.0. The van der Waals surface area contributed by atoms with E-state index in [1.54, 1.807) is 12.1 Å². The van der Waals surface area contributed by atoms with Crippen LogP contribution in [0, 0.1) is 0 Å². The van der Waals surface area contributed by atoms with E-state index in [-0.39, 0.29) is 11.9 Å². The summed E-state index contributed by atoms with van der Waals surface area (Å²) < 4.78 is 0. The summed E-state index contributed by atoms with van der Waals surface area (Å²) in [5, 5.41) is 5.10. The molecule has 3 nitrogen and oxygen atoms in total. The molecule has 4 rings (SSSR count). The zero-order valence-corrected chi connectivity index (χ0v) is 15.6. The van der Waals surface area contributed by atoms with Gasteiger partial charge in [0.05, 0.1) is 21.8 Å². The third kappa shape index (κ3) is 3.42. The Morgan fingerprint density at radius 3 is 2.58 bits per heavy atom. The highest BCUT2D eigenvalue weighted by Gasteiger charge is 2.20. The van der Waals surface area contributed by atoms with E-state index in [0.29, 0.717) is 21.3 Å². The molecule has 1 aliphatic carbocycles. The fourth-order valence-corrected chi connectivity index (χ4v) is 4.04. The Morgan fingerprint density at radius 2 is 1.81 bits per heavy atom. The third-order valence-corrected chi connectivity index (χ3v) is 5.41. The Bertz CT molecular complexity index is 981. The summed E-state index contributed by atoms with van der Waals surface area (Å²) in [6, 6.07) is 15.1. The molecule has 5 heteroatoms. The van der Waals surface area contributed by atoms with Crippen LogP contribution in [0.2, 0.25) is 10.0 Å². The highest BCUT2D eigenvalue weighted by atomic mass is 35.5. The van der Waals surface area contributed by atoms with Gasteiger partial charge in [0.15, 0.2) is 0 Å². The van der Waals surface area contributed by atoms with Crippen molar-refractivity contribution in [2.45, 2.75) is 31.7 Å². The maximum Gasteiger partial charge on any atom is 0.252 e. The summed E-state index contributed by atoms with van der Waals surface area (Å²) in [4.78, 5) is 17.6. The van der Waals surface area contributed by atoms with E-state index in [1.165, 1.54) is 12.8 Å². The molecule has 0 atom stereocenters. The predicted molar refractivity (Wildman–Crippen MR) is 107 cm³/mol. The quantitative estimate of drug-likeness (QED) is 0.612. The minimum atomic E-state index is -0.0539. The number of nitrogens with zero attached hydrogens (tertiary/aromatic N) is 1. The van der Waals surface area contributed by atoms with E-state index in [9.17, 15) is 4.79 Å². The number of amides is 1. The first-order valence-corrected chi connectivity index (χ1v) is 9.53. The van der Waals surface area contributed by atoms with Crippen molar-refractivity contribution in [2.24, 2.45) is 0 Å². The number of carbonyl (C=O) groups excluding carboxylic acids is 1. The van der Waals surface area contributed by atoms with Gasteiger partial charge in [-0.1, -0.05) is 54.2 Å². The summed E-state index contributed by atoms with van der Waals surface area (Å²) in [6.45, 7) is 0. The van der Waals surface area contributed by atoms with Crippen LogP contribution < -0.4 is 5.32 Å². The molecule has 26 heavy (non-hydrogen) atoms. The van der Waals surface area contributed by atoms with Crippen molar-refractivity contribution < 1.29 is 4.79 Å². The maximum absolute atomic E-state index is 12.9. The molecule has 132 valence electrons. The SMILES string of the molecule is O=C(NC1CCCC1)c1cc(-c2ccc(Cl)cc2Cl)nc2ccccc12. The van der Waals surface area contributed by atoms with Gasteiger partial charge in [0.1, 0.15) is 0 Å². The number of carbonyl (C=O) groups is 1. The predicted octanol–water partition coefficient (Wildman–Crippen LogP) is 5.88. The second-order valence-corrected chi connectivity index (χ2v) is 7.49. The monoisotopic (exact) mass is 384 g/mol. The molecule has 1 saturated carbocycles. The van der Waals surface area contributed by atoms with Crippen LogP contribution >= 0.6 is 23.2 Å². The molecule has 0 bridgehead atoms. The van der Waals surface area contributed by atoms with Gasteiger partial charge in [-0.05, 0) is 43.2 Å². The van der Waals surface area contributed by atoms with Crippen molar-refractivity contribution in [3.05, 3.63) is 64.1 Å². The lowest BCUT2D eigenvalue weighted by Gasteiger charge is -2.15. The number of benzene rings is 2. The van der Waals surface area contributed by atoms with E-state index in [4.69, 9.17) is 28.2 Å². The van der Waals surface area contributed by atoms with Gasteiger partial charge in [-0.2, -0.15) is 0 Å². The van der Waals surface area contributed by atoms with Crippen LogP contribution in [0.25, 0.3) is 22.2 Å². The molecule has 1 amide bonds. The van der Waals surface area contributed by atoms with Crippen LogP contribution in [-0.2, 0) is 0 Å². The van der Waals surface area contributed by atoms with Gasteiger partial charge in [-0.3, -0.25) is 4.79 Å². The molecule has 0 aliphatic heterocycles. The molecule has 0 spiro atoms. The van der Waals surface area contributed by atoms with Gasteiger partial charge < -0.3 is 5.32 Å². The van der Waals surface area contributed by atoms with Crippen LogP contribution in [0.1, 0.15) is 36.0 Å². The van der Waals surface area contributed by atoms with Gasteiger partial charge in [0.25, 0.3) is 5.91 Å². The summed E-state index contributed by atoms with van der Waals surface area (Å²) in [5.41, 5.74) is 2.83. The number of pyridine rings is 1. The summed E-state index contributed by atoms with van der Waals surface area (Å²) in [5.74, 6) is -0.0539. The number of halogens is 2. The van der Waals surface area contributed by atoms with Gasteiger partial charge in [-0.25, -0.2) is 4.98 Å². The number of hydrogen-bond donors (Lipinski definition) is 1. The molecule has 0 unspecified atom stereocenters. The van der Waals surface area contributed by atoms with E-state index < -0.39 is 0 Å². The van der Waals surface area contributed by atoms with Crippen LogP contribution in [0.15, 0.2) is 48.5 Å². The van der Waals surface area contributed by atoms with Crippen molar-refractivity contribution in [2.75, 3.05) is 0 Å². The number of rotatable bonds is 3. The second-order valence-electron chi connectivity index (χ2n) is 6.65. The molecule has 2 aromatic carbocycles. The lowest BCUT2D eigenvalue weighted by Crippen LogP contribution is -2.32. The number of para-hydroxylation sites is 1. The molecular formula is C21H18Cl2N2O. The molecule has 3 aromatic rings. The fraction of sp³-hybridized carbons (Fsp3) is 0.238. The summed E-state index contributed by atoms with van der Waals surface area (Å²) in [6.07, 6.45) is 4.44. The Hall–Kier alpha value is -2.10. The molecule has 1 fully saturated rings. The van der Waals surface area contributed by atoms with Crippen LogP contribution in [0.3, 0.4) is 0 Å². The molecule has 0 radical (unpaired) electrons. The first kappa shape index (κ1) is 17.3. The second kappa shape index (κ2) is 7.26. The first-order chi connectivity index (χ1) is 12.6. The largest absolute Gasteiger partial charge is 0.349 e. The van der Waals surface area contributed by atoms with Gasteiger partial charge in [0.2, 0.25) is 0 Å². The van der Waals surface area contributed by atoms with E-state index in [2.05, 4.69) is 5.32 Å². The molecule has 1 N–H and O–H groups in total. The number of hydrogen-bond acceptors (Lipinski definition) is 2. The molecule has 1 aliphatic rings. The maximum atomic E-state index is 12.9. The molecule has 0 saturated heterocycles. The zero-order valence-electron chi connectivity index (χ0n) is 14.1. The van der Waals surface area contributed by atoms with Crippen molar-refractivity contribution in [3.63, 3.8) is 0 Å². The smallest absolute Gasteiger partial charge is 0.252 e. The highest BCUT2D eigenvalue weighted by Crippen LogP contribution is 2.32. The Kier molecular flexibility index (Phi) is 4.84. The summed E-state index contributed by atoms with van der Waals surface area (Å²) >= 11 is 12.4. The topological polar surface area (TPSA) is 42.0 Å². The molecule has 1 aromatic heterocycles. The van der Waals surface area contributed by atoms with Gasteiger partial charge >= 0.3 is 0 Å². The standard InChI is InChI=1S/C21H18Cl2N2O/c22-13-9-10-16(18(23)11-13)20-12-17(15-7-3-4-8-19(15)25-20)21(26)24-14-5-1-2-6-14/h3-4,7-12,14H,1-2,5-6H2,(H,24,26). The van der Waals surface area contributed by atoms with Crippen molar-refractivity contribution in [3.8, 4) is 11.3 Å². The van der Waals surface area contributed by atoms with Crippen LogP contribution in [0.4, 0.5) is 0 Å². The minimum absolute atomic E-state index is 0.0539. The minimum Gasteiger partial charge on any atom is -0.349 e. The average Bonchev–Trinajstić information content (AvgIpc) is 3.13. The van der Waals surface area contributed by atoms with E-state index in [0.717, 1.165) is 29.3 Å².